The summed E-state index contributed by atoms with van der Waals surface area (Å²) in [5.74, 6) is 0.571. The number of hydrogen-bond acceptors (Lipinski definition) is 3. The Morgan fingerprint density at radius 3 is 2.58 bits per heavy atom. The quantitative estimate of drug-likeness (QED) is 0.519. The van der Waals surface area contributed by atoms with Crippen molar-refractivity contribution in [3.8, 4) is 6.07 Å². The molecule has 0 bridgehead atoms. The highest BCUT2D eigenvalue weighted by molar-refractivity contribution is 6.34. The number of guanidine groups is 1. The smallest absolute Gasteiger partial charge is 0.191 e. The van der Waals surface area contributed by atoms with Crippen LogP contribution in [-0.2, 0) is 6.54 Å². The fourth-order valence-corrected chi connectivity index (χ4v) is 2.87. The molecule has 26 heavy (non-hydrogen) atoms. The predicted molar refractivity (Wildman–Crippen MR) is 105 cm³/mol. The topological polar surface area (TPSA) is 80.4 Å². The van der Waals surface area contributed by atoms with E-state index in [-0.39, 0.29) is 6.54 Å². The van der Waals surface area contributed by atoms with Gasteiger partial charge in [-0.05, 0) is 48.4 Å². The van der Waals surface area contributed by atoms with E-state index in [9.17, 15) is 5.11 Å². The van der Waals surface area contributed by atoms with Gasteiger partial charge in [0, 0.05) is 23.1 Å². The Morgan fingerprint density at radius 1 is 1.19 bits per heavy atom. The molecule has 0 aliphatic rings. The molecule has 3 N–H and O–H groups in total. The number of aliphatic imine (C=N–C) groups is 1. The molecule has 1 unspecified atom stereocenters. The Balaban J connectivity index is 2.01. The molecule has 0 amide bonds. The average Bonchev–Trinajstić information content (AvgIpc) is 2.63. The van der Waals surface area contributed by atoms with Crippen LogP contribution in [0.1, 0.15) is 29.7 Å². The molecule has 0 radical (unpaired) electrons. The lowest BCUT2D eigenvalue weighted by Gasteiger charge is -2.16. The largest absolute Gasteiger partial charge is 0.387 e. The number of aliphatic hydroxyl groups excluding tert-OH is 1. The first-order valence-electron chi connectivity index (χ1n) is 8.17. The van der Waals surface area contributed by atoms with Gasteiger partial charge in [-0.2, -0.15) is 5.26 Å². The number of nitrogens with one attached hydrogen (secondary N) is 2. The van der Waals surface area contributed by atoms with Crippen LogP contribution in [0, 0.1) is 11.3 Å². The summed E-state index contributed by atoms with van der Waals surface area (Å²) in [6, 6.07) is 14.4. The van der Waals surface area contributed by atoms with Crippen molar-refractivity contribution in [1.82, 2.24) is 10.6 Å². The van der Waals surface area contributed by atoms with E-state index in [1.165, 1.54) is 0 Å². The molecule has 0 saturated heterocycles. The molecule has 0 aliphatic heterocycles. The van der Waals surface area contributed by atoms with Gasteiger partial charge in [0.2, 0.25) is 0 Å². The Hall–Kier alpha value is -2.26. The molecule has 0 fully saturated rings. The number of aliphatic hydroxyl groups is 1. The minimum Gasteiger partial charge on any atom is -0.387 e. The van der Waals surface area contributed by atoms with Gasteiger partial charge in [-0.1, -0.05) is 35.3 Å². The number of benzene rings is 2. The van der Waals surface area contributed by atoms with Crippen LogP contribution in [0.5, 0.6) is 0 Å². The summed E-state index contributed by atoms with van der Waals surface area (Å²) in [5, 5.41) is 26.5. The number of nitrogens with zero attached hydrogens (tertiary/aromatic N) is 2. The van der Waals surface area contributed by atoms with Crippen molar-refractivity contribution in [2.45, 2.75) is 19.6 Å². The maximum Gasteiger partial charge on any atom is 0.191 e. The zero-order chi connectivity index (χ0) is 18.9. The van der Waals surface area contributed by atoms with Crippen LogP contribution in [0.2, 0.25) is 10.0 Å². The minimum absolute atomic E-state index is 0.251. The van der Waals surface area contributed by atoms with Crippen molar-refractivity contribution in [2.75, 3.05) is 13.1 Å². The molecule has 1 atom stereocenters. The van der Waals surface area contributed by atoms with Crippen molar-refractivity contribution in [3.63, 3.8) is 0 Å². The molecule has 0 spiro atoms. The standard InChI is InChI=1S/C19H20Cl2N4O/c1-2-23-19(24-11-14-5-3-4-13(6-14)10-22)25-12-18(26)15-7-16(20)9-17(21)8-15/h3-9,18,26H,2,11-12H2,1H3,(H2,23,24,25). The van der Waals surface area contributed by atoms with Gasteiger partial charge in [0.25, 0.3) is 0 Å². The first-order chi connectivity index (χ1) is 12.5. The molecular weight excluding hydrogens is 371 g/mol. The lowest BCUT2D eigenvalue weighted by Crippen LogP contribution is -2.39. The molecule has 136 valence electrons. The van der Waals surface area contributed by atoms with Crippen molar-refractivity contribution in [2.24, 2.45) is 4.99 Å². The molecule has 0 aliphatic carbocycles. The summed E-state index contributed by atoms with van der Waals surface area (Å²) < 4.78 is 0. The SMILES string of the molecule is CCNC(=NCc1cccc(C#N)c1)NCC(O)c1cc(Cl)cc(Cl)c1. The van der Waals surface area contributed by atoms with Crippen molar-refractivity contribution in [1.29, 1.82) is 5.26 Å². The fourth-order valence-electron chi connectivity index (χ4n) is 2.33. The van der Waals surface area contributed by atoms with E-state index in [2.05, 4.69) is 21.7 Å². The highest BCUT2D eigenvalue weighted by Gasteiger charge is 2.10. The highest BCUT2D eigenvalue weighted by Crippen LogP contribution is 2.23. The Bertz CT molecular complexity index is 797. The molecule has 7 heteroatoms. The van der Waals surface area contributed by atoms with Crippen LogP contribution in [-0.4, -0.2) is 24.2 Å². The van der Waals surface area contributed by atoms with E-state index >= 15 is 0 Å². The monoisotopic (exact) mass is 390 g/mol. The molecule has 0 heterocycles. The van der Waals surface area contributed by atoms with E-state index in [0.717, 1.165) is 5.56 Å². The first-order valence-corrected chi connectivity index (χ1v) is 8.92. The number of rotatable bonds is 6. The minimum atomic E-state index is -0.781. The summed E-state index contributed by atoms with van der Waals surface area (Å²) in [4.78, 5) is 4.48. The second kappa shape index (κ2) is 10.0. The lowest BCUT2D eigenvalue weighted by atomic mass is 10.1. The van der Waals surface area contributed by atoms with E-state index < -0.39 is 6.10 Å². The van der Waals surface area contributed by atoms with Crippen LogP contribution in [0.15, 0.2) is 47.5 Å². The molecule has 2 aromatic rings. The Morgan fingerprint density at radius 2 is 1.92 bits per heavy atom. The van der Waals surface area contributed by atoms with Crippen LogP contribution in [0.25, 0.3) is 0 Å². The number of halogens is 2. The van der Waals surface area contributed by atoms with Crippen LogP contribution in [0.3, 0.4) is 0 Å². The molecular formula is C19H20Cl2N4O. The maximum atomic E-state index is 10.3. The van der Waals surface area contributed by atoms with Crippen LogP contribution < -0.4 is 10.6 Å². The first kappa shape index (κ1) is 20.1. The highest BCUT2D eigenvalue weighted by atomic mass is 35.5. The predicted octanol–water partition coefficient (Wildman–Crippen LogP) is 3.65. The van der Waals surface area contributed by atoms with E-state index in [1.54, 1.807) is 30.3 Å². The van der Waals surface area contributed by atoms with Gasteiger partial charge in [0.05, 0.1) is 24.3 Å². The molecule has 2 rings (SSSR count). The summed E-state index contributed by atoms with van der Waals surface area (Å²) >= 11 is 11.9. The van der Waals surface area contributed by atoms with Crippen molar-refractivity contribution < 1.29 is 5.11 Å². The van der Waals surface area contributed by atoms with Crippen LogP contribution in [0.4, 0.5) is 0 Å². The van der Waals surface area contributed by atoms with Gasteiger partial charge < -0.3 is 15.7 Å². The Labute approximate surface area is 163 Å². The van der Waals surface area contributed by atoms with Gasteiger partial charge in [-0.3, -0.25) is 0 Å². The molecule has 0 saturated carbocycles. The normalized spacial score (nSPS) is 12.3. The molecule has 2 aromatic carbocycles. The van der Waals surface area contributed by atoms with Gasteiger partial charge in [0.15, 0.2) is 5.96 Å². The van der Waals surface area contributed by atoms with E-state index in [1.807, 2.05) is 19.1 Å². The summed E-state index contributed by atoms with van der Waals surface area (Å²) in [7, 11) is 0. The summed E-state index contributed by atoms with van der Waals surface area (Å²) in [6.07, 6.45) is -0.781. The fraction of sp³-hybridized carbons (Fsp3) is 0.263. The van der Waals surface area contributed by atoms with Crippen LogP contribution >= 0.6 is 23.2 Å². The third-order valence-corrected chi connectivity index (χ3v) is 3.99. The maximum absolute atomic E-state index is 10.3. The number of nitriles is 1. The van der Waals surface area contributed by atoms with Crippen molar-refractivity contribution in [3.05, 3.63) is 69.2 Å². The Kier molecular flexibility index (Phi) is 7.73. The number of hydrogen-bond donors (Lipinski definition) is 3. The summed E-state index contributed by atoms with van der Waals surface area (Å²) in [5.41, 5.74) is 2.17. The zero-order valence-electron chi connectivity index (χ0n) is 14.3. The summed E-state index contributed by atoms with van der Waals surface area (Å²) in [6.45, 7) is 3.31. The van der Waals surface area contributed by atoms with Gasteiger partial charge in [-0.15, -0.1) is 0 Å². The van der Waals surface area contributed by atoms with E-state index in [0.29, 0.717) is 40.2 Å². The average molecular weight is 391 g/mol. The van der Waals surface area contributed by atoms with Gasteiger partial charge in [0.1, 0.15) is 0 Å². The molecule has 5 nitrogen and oxygen atoms in total. The third kappa shape index (κ3) is 6.23. The van der Waals surface area contributed by atoms with Gasteiger partial charge >= 0.3 is 0 Å². The molecule has 0 aromatic heterocycles. The zero-order valence-corrected chi connectivity index (χ0v) is 15.8. The third-order valence-electron chi connectivity index (χ3n) is 3.55. The second-order valence-corrected chi connectivity index (χ2v) is 6.48. The second-order valence-electron chi connectivity index (χ2n) is 5.61. The van der Waals surface area contributed by atoms with E-state index in [4.69, 9.17) is 28.5 Å². The van der Waals surface area contributed by atoms with Gasteiger partial charge in [-0.25, -0.2) is 4.99 Å². The van der Waals surface area contributed by atoms with Crippen molar-refractivity contribution >= 4 is 29.2 Å². The lowest BCUT2D eigenvalue weighted by molar-refractivity contribution is 0.181.